The zero-order chi connectivity index (χ0) is 24.9. The first-order valence-electron chi connectivity index (χ1n) is 11.4. The van der Waals surface area contributed by atoms with Gasteiger partial charge in [-0.25, -0.2) is 0 Å². The zero-order valence-electron chi connectivity index (χ0n) is 20.6. The Bertz CT molecular complexity index is 1390. The number of amides is 1. The molecule has 180 valence electrons. The number of hydrogen-bond acceptors (Lipinski definition) is 5. The lowest BCUT2D eigenvalue weighted by Gasteiger charge is -2.15. The Balaban J connectivity index is 1.73. The number of allylic oxidation sites excluding steroid dienone is 1. The van der Waals surface area contributed by atoms with Gasteiger partial charge < -0.3 is 23.9 Å². The van der Waals surface area contributed by atoms with Crippen molar-refractivity contribution < 1.29 is 23.4 Å². The number of rotatable bonds is 8. The van der Waals surface area contributed by atoms with E-state index in [1.807, 2.05) is 45.0 Å². The lowest BCUT2D eigenvalue weighted by molar-refractivity contribution is -0.111. The molecule has 0 spiro atoms. The number of methoxy groups -OCH3 is 2. The molecule has 0 aliphatic carbocycles. The molecule has 0 fully saturated rings. The topological polar surface area (TPSA) is 69.9 Å². The molecule has 0 aliphatic heterocycles. The van der Waals surface area contributed by atoms with Gasteiger partial charge in [0.1, 0.15) is 11.3 Å². The fourth-order valence-corrected chi connectivity index (χ4v) is 4.15. The average molecular weight is 472 g/mol. The van der Waals surface area contributed by atoms with Crippen LogP contribution in [0.15, 0.2) is 71.4 Å². The van der Waals surface area contributed by atoms with Crippen molar-refractivity contribution in [2.75, 3.05) is 26.1 Å². The molecule has 0 atom stereocenters. The molecular formula is C29H29NO5. The van der Waals surface area contributed by atoms with Crippen LogP contribution in [0.4, 0.5) is 5.69 Å². The first-order chi connectivity index (χ1) is 17.0. The number of carbonyl (C=O) groups is 1. The number of nitrogens with one attached hydrogen (secondary N) is 1. The van der Waals surface area contributed by atoms with Gasteiger partial charge in [0.05, 0.1) is 27.1 Å². The fourth-order valence-electron chi connectivity index (χ4n) is 4.15. The molecule has 0 unspecified atom stereocenters. The molecule has 1 N–H and O–H groups in total. The van der Waals surface area contributed by atoms with Crippen LogP contribution < -0.4 is 19.5 Å². The summed E-state index contributed by atoms with van der Waals surface area (Å²) < 4.78 is 22.6. The molecule has 0 saturated carbocycles. The molecule has 1 heterocycles. The maximum atomic E-state index is 12.9. The summed E-state index contributed by atoms with van der Waals surface area (Å²) >= 11 is 0. The maximum absolute atomic E-state index is 12.9. The summed E-state index contributed by atoms with van der Waals surface area (Å²) in [7, 11) is 3.13. The summed E-state index contributed by atoms with van der Waals surface area (Å²) in [5, 5.41) is 3.87. The standard InChI is InChI=1S/C29H29NO5/c1-6-34-28-19(3)29-23(24(17-35-29)20-10-8-7-9-11-20)16-22(28)18(2)14-27(31)30-21-12-13-25(32-4)26(15-21)33-5/h7-17H,6H2,1-5H3,(H,30,31)/b18-14+. The van der Waals surface area contributed by atoms with Crippen molar-refractivity contribution in [3.63, 3.8) is 0 Å². The third-order valence-electron chi connectivity index (χ3n) is 5.84. The third kappa shape index (κ3) is 4.87. The van der Waals surface area contributed by atoms with Crippen LogP contribution in [0, 0.1) is 6.92 Å². The van der Waals surface area contributed by atoms with E-state index < -0.39 is 0 Å². The fraction of sp³-hybridized carbons (Fsp3) is 0.207. The van der Waals surface area contributed by atoms with Gasteiger partial charge in [-0.05, 0) is 50.1 Å². The lowest BCUT2D eigenvalue weighted by atomic mass is 9.96. The van der Waals surface area contributed by atoms with Crippen LogP contribution in [0.2, 0.25) is 0 Å². The van der Waals surface area contributed by atoms with Crippen molar-refractivity contribution in [3.05, 3.63) is 78.1 Å². The first kappa shape index (κ1) is 24.0. The molecule has 0 saturated heterocycles. The van der Waals surface area contributed by atoms with E-state index in [9.17, 15) is 4.79 Å². The van der Waals surface area contributed by atoms with Crippen molar-refractivity contribution in [3.8, 4) is 28.4 Å². The summed E-state index contributed by atoms with van der Waals surface area (Å²) in [6.07, 6.45) is 3.34. The number of aryl methyl sites for hydroxylation is 1. The summed E-state index contributed by atoms with van der Waals surface area (Å²) in [4.78, 5) is 12.9. The van der Waals surface area contributed by atoms with E-state index in [0.29, 0.717) is 29.5 Å². The molecule has 6 nitrogen and oxygen atoms in total. The number of benzene rings is 3. The molecule has 4 rings (SSSR count). The van der Waals surface area contributed by atoms with E-state index in [1.54, 1.807) is 44.8 Å². The molecule has 35 heavy (non-hydrogen) atoms. The summed E-state index contributed by atoms with van der Waals surface area (Å²) in [6.45, 7) is 6.32. The van der Waals surface area contributed by atoms with Crippen molar-refractivity contribution in [2.24, 2.45) is 0 Å². The second kappa shape index (κ2) is 10.4. The van der Waals surface area contributed by atoms with Gasteiger partial charge in [-0.2, -0.15) is 0 Å². The van der Waals surface area contributed by atoms with Crippen LogP contribution in [0.3, 0.4) is 0 Å². The smallest absolute Gasteiger partial charge is 0.248 e. The molecule has 4 aromatic rings. The molecule has 1 aromatic heterocycles. The highest BCUT2D eigenvalue weighted by Gasteiger charge is 2.19. The predicted octanol–water partition coefficient (Wildman–Crippen LogP) is 6.87. The van der Waals surface area contributed by atoms with Crippen molar-refractivity contribution in [2.45, 2.75) is 20.8 Å². The Morgan fingerprint density at radius 1 is 1.03 bits per heavy atom. The third-order valence-corrected chi connectivity index (χ3v) is 5.84. The van der Waals surface area contributed by atoms with E-state index in [0.717, 1.165) is 38.8 Å². The van der Waals surface area contributed by atoms with Gasteiger partial charge in [-0.15, -0.1) is 0 Å². The Morgan fingerprint density at radius 3 is 2.46 bits per heavy atom. The Morgan fingerprint density at radius 2 is 1.77 bits per heavy atom. The van der Waals surface area contributed by atoms with Gasteiger partial charge in [0.25, 0.3) is 0 Å². The van der Waals surface area contributed by atoms with Crippen LogP contribution >= 0.6 is 0 Å². The van der Waals surface area contributed by atoms with E-state index in [2.05, 4.69) is 17.4 Å². The number of anilines is 1. The van der Waals surface area contributed by atoms with Crippen molar-refractivity contribution in [1.29, 1.82) is 0 Å². The summed E-state index contributed by atoms with van der Waals surface area (Å²) in [5.74, 6) is 1.59. The van der Waals surface area contributed by atoms with Crippen LogP contribution in [0.5, 0.6) is 17.2 Å². The number of carbonyl (C=O) groups excluding carboxylic acids is 1. The molecule has 0 bridgehead atoms. The second-order valence-electron chi connectivity index (χ2n) is 8.09. The lowest BCUT2D eigenvalue weighted by Crippen LogP contribution is -2.09. The first-order valence-corrected chi connectivity index (χ1v) is 11.4. The van der Waals surface area contributed by atoms with Crippen LogP contribution in [0.1, 0.15) is 25.0 Å². The van der Waals surface area contributed by atoms with Crippen LogP contribution in [-0.2, 0) is 4.79 Å². The number of fused-ring (bicyclic) bond motifs is 1. The normalized spacial score (nSPS) is 11.4. The molecule has 6 heteroatoms. The van der Waals surface area contributed by atoms with Crippen molar-refractivity contribution in [1.82, 2.24) is 0 Å². The maximum Gasteiger partial charge on any atom is 0.248 e. The monoisotopic (exact) mass is 471 g/mol. The molecule has 1 amide bonds. The van der Waals surface area contributed by atoms with Gasteiger partial charge in [-0.1, -0.05) is 30.3 Å². The molecular weight excluding hydrogens is 442 g/mol. The van der Waals surface area contributed by atoms with Gasteiger partial charge in [0, 0.05) is 39.9 Å². The van der Waals surface area contributed by atoms with Crippen LogP contribution in [-0.4, -0.2) is 26.7 Å². The van der Waals surface area contributed by atoms with E-state index in [4.69, 9.17) is 18.6 Å². The van der Waals surface area contributed by atoms with Gasteiger partial charge in [-0.3, -0.25) is 4.79 Å². The van der Waals surface area contributed by atoms with Gasteiger partial charge in [0.15, 0.2) is 11.5 Å². The second-order valence-corrected chi connectivity index (χ2v) is 8.09. The average Bonchev–Trinajstić information content (AvgIpc) is 3.30. The number of hydrogen-bond donors (Lipinski definition) is 1. The Hall–Kier alpha value is -4.19. The minimum absolute atomic E-state index is 0.259. The van der Waals surface area contributed by atoms with Crippen molar-refractivity contribution >= 4 is 28.1 Å². The highest BCUT2D eigenvalue weighted by molar-refractivity contribution is 6.06. The predicted molar refractivity (Wildman–Crippen MR) is 139 cm³/mol. The highest BCUT2D eigenvalue weighted by atomic mass is 16.5. The minimum atomic E-state index is -0.259. The van der Waals surface area contributed by atoms with E-state index in [1.165, 1.54) is 0 Å². The quantitative estimate of drug-likeness (QED) is 0.284. The highest BCUT2D eigenvalue weighted by Crippen LogP contribution is 2.40. The SMILES string of the molecule is CCOc1c(/C(C)=C/C(=O)Nc2ccc(OC)c(OC)c2)cc2c(-c3ccccc3)coc2c1C. The molecule has 0 radical (unpaired) electrons. The Kier molecular flexibility index (Phi) is 7.11. The Labute approximate surface area is 205 Å². The number of furan rings is 1. The molecule has 0 aliphatic rings. The minimum Gasteiger partial charge on any atom is -0.493 e. The zero-order valence-corrected chi connectivity index (χ0v) is 20.6. The van der Waals surface area contributed by atoms with E-state index >= 15 is 0 Å². The van der Waals surface area contributed by atoms with Crippen LogP contribution in [0.25, 0.3) is 27.7 Å². The number of ether oxygens (including phenoxy) is 3. The van der Waals surface area contributed by atoms with Gasteiger partial charge >= 0.3 is 0 Å². The molecule has 3 aromatic carbocycles. The summed E-state index contributed by atoms with van der Waals surface area (Å²) in [5.41, 5.74) is 5.96. The van der Waals surface area contributed by atoms with E-state index in [-0.39, 0.29) is 5.91 Å². The summed E-state index contributed by atoms with van der Waals surface area (Å²) in [6, 6.07) is 17.4. The largest absolute Gasteiger partial charge is 0.493 e. The van der Waals surface area contributed by atoms with Gasteiger partial charge in [0.2, 0.25) is 5.91 Å².